The molecule has 22 heavy (non-hydrogen) atoms. The highest BCUT2D eigenvalue weighted by Gasteiger charge is 2.25. The van der Waals surface area contributed by atoms with Crippen LogP contribution in [0.25, 0.3) is 10.9 Å². The molecular weight excluding hydrogens is 295 g/mol. The van der Waals surface area contributed by atoms with Crippen LogP contribution in [0.3, 0.4) is 0 Å². The number of hydrogen-bond acceptors (Lipinski definition) is 2. The van der Waals surface area contributed by atoms with Crippen LogP contribution in [0.4, 0.5) is 4.39 Å². The third-order valence-corrected chi connectivity index (χ3v) is 5.11. The number of H-pyrrole nitrogens is 1. The summed E-state index contributed by atoms with van der Waals surface area (Å²) in [6.07, 6.45) is 3.01. The van der Waals surface area contributed by atoms with Crippen molar-refractivity contribution in [1.29, 1.82) is 0 Å². The number of rotatable bonds is 2. The molecule has 1 aliphatic rings. The Morgan fingerprint density at radius 3 is 2.73 bits per heavy atom. The van der Waals surface area contributed by atoms with Gasteiger partial charge in [-0.2, -0.15) is 0 Å². The molecule has 0 bridgehead atoms. The van der Waals surface area contributed by atoms with E-state index in [9.17, 15) is 4.39 Å². The molecular formula is C18H17FN2S. The smallest absolute Gasteiger partial charge is 0.123 e. The zero-order valence-corrected chi connectivity index (χ0v) is 13.1. The van der Waals surface area contributed by atoms with Crippen LogP contribution in [0.1, 0.15) is 22.9 Å². The van der Waals surface area contributed by atoms with Gasteiger partial charge in [0.15, 0.2) is 0 Å². The fraction of sp³-hybridized carbons (Fsp3) is 0.222. The van der Waals surface area contributed by atoms with E-state index in [0.717, 1.165) is 23.9 Å². The fourth-order valence-electron chi connectivity index (χ4n) is 3.28. The maximum Gasteiger partial charge on any atom is 0.123 e. The Labute approximate surface area is 133 Å². The molecule has 2 aromatic carbocycles. The van der Waals surface area contributed by atoms with Crippen molar-refractivity contribution in [3.8, 4) is 0 Å². The molecule has 0 radical (unpaired) electrons. The predicted octanol–water partition coefficient (Wildman–Crippen LogP) is 4.26. The van der Waals surface area contributed by atoms with Crippen LogP contribution in [-0.2, 0) is 6.42 Å². The predicted molar refractivity (Wildman–Crippen MR) is 90.0 cm³/mol. The summed E-state index contributed by atoms with van der Waals surface area (Å²) in [7, 11) is 0. The quantitative estimate of drug-likeness (QED) is 0.692. The Kier molecular flexibility index (Phi) is 3.43. The Balaban J connectivity index is 1.82. The normalized spacial score (nSPS) is 17.6. The molecule has 1 atom stereocenters. The van der Waals surface area contributed by atoms with E-state index in [2.05, 4.69) is 40.8 Å². The maximum atomic E-state index is 13.6. The van der Waals surface area contributed by atoms with Crippen molar-refractivity contribution >= 4 is 22.7 Å². The second-order valence-corrected chi connectivity index (χ2v) is 6.50. The van der Waals surface area contributed by atoms with Gasteiger partial charge in [-0.05, 0) is 54.1 Å². The minimum atomic E-state index is -0.172. The molecule has 1 aliphatic heterocycles. The highest BCUT2D eigenvalue weighted by atomic mass is 32.2. The van der Waals surface area contributed by atoms with Crippen LogP contribution in [0, 0.1) is 5.82 Å². The van der Waals surface area contributed by atoms with Gasteiger partial charge in [0.1, 0.15) is 5.82 Å². The van der Waals surface area contributed by atoms with E-state index < -0.39 is 0 Å². The summed E-state index contributed by atoms with van der Waals surface area (Å²) in [4.78, 5) is 4.75. The van der Waals surface area contributed by atoms with Crippen molar-refractivity contribution < 1.29 is 4.39 Å². The zero-order chi connectivity index (χ0) is 15.1. The Morgan fingerprint density at radius 2 is 1.95 bits per heavy atom. The number of halogens is 1. The molecule has 0 aliphatic carbocycles. The minimum Gasteiger partial charge on any atom is -0.357 e. The SMILES string of the molecule is CSc1ccc(C2NCCc3c2[nH]c2ccc(F)cc32)cc1. The highest BCUT2D eigenvalue weighted by Crippen LogP contribution is 2.34. The number of aromatic nitrogens is 1. The molecule has 4 heteroatoms. The summed E-state index contributed by atoms with van der Waals surface area (Å²) in [5, 5.41) is 4.59. The molecule has 2 N–H and O–H groups in total. The van der Waals surface area contributed by atoms with Crippen molar-refractivity contribution in [2.75, 3.05) is 12.8 Å². The molecule has 4 rings (SSSR count). The van der Waals surface area contributed by atoms with Gasteiger partial charge in [-0.25, -0.2) is 4.39 Å². The lowest BCUT2D eigenvalue weighted by molar-refractivity contribution is 0.560. The molecule has 2 heterocycles. The third kappa shape index (κ3) is 2.23. The second-order valence-electron chi connectivity index (χ2n) is 5.62. The summed E-state index contributed by atoms with van der Waals surface area (Å²) in [5.74, 6) is -0.172. The molecule has 0 saturated carbocycles. The standard InChI is InChI=1S/C18H17FN2S/c1-22-13-5-2-11(3-6-13)17-18-14(8-9-20-17)15-10-12(19)4-7-16(15)21-18/h2-7,10,17,20-21H,8-9H2,1H3. The monoisotopic (exact) mass is 312 g/mol. The van der Waals surface area contributed by atoms with Crippen LogP contribution in [0.2, 0.25) is 0 Å². The van der Waals surface area contributed by atoms with E-state index in [1.165, 1.54) is 27.8 Å². The number of fused-ring (bicyclic) bond motifs is 3. The highest BCUT2D eigenvalue weighted by molar-refractivity contribution is 7.98. The largest absolute Gasteiger partial charge is 0.357 e. The van der Waals surface area contributed by atoms with E-state index in [-0.39, 0.29) is 11.9 Å². The van der Waals surface area contributed by atoms with Gasteiger partial charge in [0.25, 0.3) is 0 Å². The first-order valence-corrected chi connectivity index (χ1v) is 8.66. The van der Waals surface area contributed by atoms with Gasteiger partial charge < -0.3 is 10.3 Å². The van der Waals surface area contributed by atoms with Crippen LogP contribution in [0.5, 0.6) is 0 Å². The average Bonchev–Trinajstić information content (AvgIpc) is 2.93. The lowest BCUT2D eigenvalue weighted by atomic mass is 9.94. The van der Waals surface area contributed by atoms with Crippen LogP contribution >= 0.6 is 11.8 Å². The van der Waals surface area contributed by atoms with Gasteiger partial charge in [0.05, 0.1) is 6.04 Å². The van der Waals surface area contributed by atoms with E-state index in [0.29, 0.717) is 0 Å². The first-order chi connectivity index (χ1) is 10.8. The molecule has 3 aromatic rings. The Morgan fingerprint density at radius 1 is 1.14 bits per heavy atom. The Hall–Kier alpha value is -1.78. The van der Waals surface area contributed by atoms with Crippen molar-refractivity contribution in [3.63, 3.8) is 0 Å². The molecule has 0 spiro atoms. The van der Waals surface area contributed by atoms with Gasteiger partial charge in [0, 0.05) is 28.0 Å². The van der Waals surface area contributed by atoms with Gasteiger partial charge in [-0.15, -0.1) is 11.8 Å². The molecule has 1 unspecified atom stereocenters. The van der Waals surface area contributed by atoms with Gasteiger partial charge >= 0.3 is 0 Å². The summed E-state index contributed by atoms with van der Waals surface area (Å²) >= 11 is 1.75. The second kappa shape index (κ2) is 5.45. The minimum absolute atomic E-state index is 0.148. The molecule has 0 amide bonds. The first kappa shape index (κ1) is 13.9. The fourth-order valence-corrected chi connectivity index (χ4v) is 3.69. The number of nitrogens with one attached hydrogen (secondary N) is 2. The number of benzene rings is 2. The number of aromatic amines is 1. The lowest BCUT2D eigenvalue weighted by Crippen LogP contribution is -2.30. The van der Waals surface area contributed by atoms with Gasteiger partial charge in [-0.1, -0.05) is 12.1 Å². The topological polar surface area (TPSA) is 27.8 Å². The van der Waals surface area contributed by atoms with Crippen molar-refractivity contribution in [2.45, 2.75) is 17.4 Å². The summed E-state index contributed by atoms with van der Waals surface area (Å²) in [6, 6.07) is 13.8. The van der Waals surface area contributed by atoms with E-state index in [1.54, 1.807) is 17.8 Å². The molecule has 2 nitrogen and oxygen atoms in total. The van der Waals surface area contributed by atoms with Gasteiger partial charge in [-0.3, -0.25) is 0 Å². The van der Waals surface area contributed by atoms with Crippen LogP contribution in [0.15, 0.2) is 47.4 Å². The van der Waals surface area contributed by atoms with Crippen molar-refractivity contribution in [2.24, 2.45) is 0 Å². The van der Waals surface area contributed by atoms with Crippen LogP contribution in [-0.4, -0.2) is 17.8 Å². The summed E-state index contributed by atoms with van der Waals surface area (Å²) < 4.78 is 13.6. The molecule has 0 saturated heterocycles. The number of hydrogen-bond donors (Lipinski definition) is 2. The zero-order valence-electron chi connectivity index (χ0n) is 12.3. The van der Waals surface area contributed by atoms with Gasteiger partial charge in [0.2, 0.25) is 0 Å². The first-order valence-electron chi connectivity index (χ1n) is 7.43. The lowest BCUT2D eigenvalue weighted by Gasteiger charge is -2.25. The van der Waals surface area contributed by atoms with Crippen LogP contribution < -0.4 is 5.32 Å². The maximum absolute atomic E-state index is 13.6. The average molecular weight is 312 g/mol. The Bertz CT molecular complexity index is 823. The summed E-state index contributed by atoms with van der Waals surface area (Å²) in [5.41, 5.74) is 4.67. The van der Waals surface area contributed by atoms with E-state index in [1.807, 2.05) is 6.07 Å². The number of thioether (sulfide) groups is 1. The molecule has 112 valence electrons. The molecule has 0 fully saturated rings. The summed E-state index contributed by atoms with van der Waals surface area (Å²) in [6.45, 7) is 0.908. The van der Waals surface area contributed by atoms with E-state index >= 15 is 0 Å². The third-order valence-electron chi connectivity index (χ3n) is 4.36. The van der Waals surface area contributed by atoms with Crippen molar-refractivity contribution in [1.82, 2.24) is 10.3 Å². The molecule has 1 aromatic heterocycles. The van der Waals surface area contributed by atoms with Crippen molar-refractivity contribution in [3.05, 3.63) is 65.1 Å². The van der Waals surface area contributed by atoms with E-state index in [4.69, 9.17) is 0 Å².